The third-order valence-electron chi connectivity index (χ3n) is 3.60. The summed E-state index contributed by atoms with van der Waals surface area (Å²) in [5.74, 6) is 0.757. The Morgan fingerprint density at radius 1 is 1.35 bits per heavy atom. The third-order valence-corrected chi connectivity index (χ3v) is 3.60. The van der Waals surface area contributed by atoms with Gasteiger partial charge >= 0.3 is 0 Å². The molecule has 102 valence electrons. The maximum absolute atomic E-state index is 5.51. The molecule has 4 heteroatoms. The molecule has 4 nitrogen and oxygen atoms in total. The van der Waals surface area contributed by atoms with Gasteiger partial charge < -0.3 is 14.8 Å². The Kier molecular flexibility index (Phi) is 7.77. The van der Waals surface area contributed by atoms with Crippen molar-refractivity contribution in [1.82, 2.24) is 10.2 Å². The molecular weight excluding hydrogens is 216 g/mol. The first kappa shape index (κ1) is 14.9. The van der Waals surface area contributed by atoms with E-state index in [9.17, 15) is 0 Å². The summed E-state index contributed by atoms with van der Waals surface area (Å²) in [4.78, 5) is 2.50. The number of methoxy groups -OCH3 is 1. The van der Waals surface area contributed by atoms with Crippen molar-refractivity contribution < 1.29 is 9.47 Å². The topological polar surface area (TPSA) is 33.7 Å². The minimum absolute atomic E-state index is 0.646. The molecule has 2 unspecified atom stereocenters. The Bertz CT molecular complexity index is 190. The quantitative estimate of drug-likeness (QED) is 0.645. The first-order valence-electron chi connectivity index (χ1n) is 6.80. The lowest BCUT2D eigenvalue weighted by molar-refractivity contribution is 0.0500. The van der Waals surface area contributed by atoms with E-state index in [1.165, 1.54) is 6.42 Å². The smallest absolute Gasteiger partial charge is 0.0700 e. The van der Waals surface area contributed by atoms with Crippen LogP contribution in [0, 0.1) is 5.92 Å². The third kappa shape index (κ3) is 5.82. The van der Waals surface area contributed by atoms with Gasteiger partial charge in [0, 0.05) is 39.3 Å². The lowest BCUT2D eigenvalue weighted by Gasteiger charge is -2.36. The van der Waals surface area contributed by atoms with Gasteiger partial charge in [-0.25, -0.2) is 0 Å². The van der Waals surface area contributed by atoms with Crippen LogP contribution in [0.4, 0.5) is 0 Å². The number of hydrogen-bond acceptors (Lipinski definition) is 4. The van der Waals surface area contributed by atoms with Crippen molar-refractivity contribution in [2.45, 2.75) is 26.3 Å². The SMILES string of the molecule is CCC(C)C1CN(CCOCCOC)CCN1. The predicted octanol–water partition coefficient (Wildman–Crippen LogP) is 0.969. The van der Waals surface area contributed by atoms with E-state index in [1.54, 1.807) is 7.11 Å². The van der Waals surface area contributed by atoms with Crippen LogP contribution in [-0.4, -0.2) is 64.1 Å². The number of piperazine rings is 1. The molecule has 1 N–H and O–H groups in total. The van der Waals surface area contributed by atoms with Crippen LogP contribution in [-0.2, 0) is 9.47 Å². The number of rotatable bonds is 8. The van der Waals surface area contributed by atoms with E-state index < -0.39 is 0 Å². The van der Waals surface area contributed by atoms with Crippen LogP contribution < -0.4 is 5.32 Å². The average molecular weight is 244 g/mol. The van der Waals surface area contributed by atoms with Crippen molar-refractivity contribution in [3.63, 3.8) is 0 Å². The maximum Gasteiger partial charge on any atom is 0.0700 e. The second kappa shape index (κ2) is 8.86. The van der Waals surface area contributed by atoms with E-state index in [-0.39, 0.29) is 0 Å². The fraction of sp³-hybridized carbons (Fsp3) is 1.00. The Morgan fingerprint density at radius 3 is 2.88 bits per heavy atom. The molecule has 17 heavy (non-hydrogen) atoms. The molecule has 1 saturated heterocycles. The van der Waals surface area contributed by atoms with E-state index in [1.807, 2.05) is 0 Å². The van der Waals surface area contributed by atoms with Crippen molar-refractivity contribution in [1.29, 1.82) is 0 Å². The summed E-state index contributed by atoms with van der Waals surface area (Å²) < 4.78 is 10.5. The zero-order valence-electron chi connectivity index (χ0n) is 11.6. The van der Waals surface area contributed by atoms with E-state index in [2.05, 4.69) is 24.1 Å². The van der Waals surface area contributed by atoms with Gasteiger partial charge in [-0.1, -0.05) is 20.3 Å². The Morgan fingerprint density at radius 2 is 2.18 bits per heavy atom. The molecule has 1 aliphatic heterocycles. The molecule has 1 fully saturated rings. The lowest BCUT2D eigenvalue weighted by atomic mass is 9.97. The minimum atomic E-state index is 0.646. The second-order valence-electron chi connectivity index (χ2n) is 4.85. The highest BCUT2D eigenvalue weighted by atomic mass is 16.5. The zero-order valence-corrected chi connectivity index (χ0v) is 11.6. The Balaban J connectivity index is 2.12. The standard InChI is InChI=1S/C13H28N2O2/c1-4-12(2)13-11-15(6-5-14-13)7-8-17-10-9-16-3/h12-14H,4-11H2,1-3H3. The fourth-order valence-corrected chi connectivity index (χ4v) is 2.15. The molecule has 0 radical (unpaired) electrons. The molecule has 1 aliphatic rings. The summed E-state index contributed by atoms with van der Waals surface area (Å²) in [5, 5.41) is 3.61. The summed E-state index contributed by atoms with van der Waals surface area (Å²) in [6.07, 6.45) is 1.25. The van der Waals surface area contributed by atoms with Crippen LogP contribution in [0.15, 0.2) is 0 Å². The minimum Gasteiger partial charge on any atom is -0.382 e. The lowest BCUT2D eigenvalue weighted by Crippen LogP contribution is -2.53. The maximum atomic E-state index is 5.51. The van der Waals surface area contributed by atoms with Gasteiger partial charge in [0.2, 0.25) is 0 Å². The molecule has 0 aromatic heterocycles. The first-order chi connectivity index (χ1) is 8.27. The molecule has 0 aliphatic carbocycles. The van der Waals surface area contributed by atoms with E-state index >= 15 is 0 Å². The first-order valence-corrected chi connectivity index (χ1v) is 6.80. The highest BCUT2D eigenvalue weighted by molar-refractivity contribution is 4.81. The molecule has 2 atom stereocenters. The Hall–Kier alpha value is -0.160. The van der Waals surface area contributed by atoms with Crippen molar-refractivity contribution >= 4 is 0 Å². The molecular formula is C13H28N2O2. The van der Waals surface area contributed by atoms with Gasteiger partial charge in [0.15, 0.2) is 0 Å². The van der Waals surface area contributed by atoms with Gasteiger partial charge in [-0.3, -0.25) is 4.90 Å². The van der Waals surface area contributed by atoms with Crippen molar-refractivity contribution in [2.24, 2.45) is 5.92 Å². The van der Waals surface area contributed by atoms with E-state index in [0.717, 1.165) is 38.7 Å². The normalized spacial score (nSPS) is 23.8. The van der Waals surface area contributed by atoms with Crippen molar-refractivity contribution in [3.05, 3.63) is 0 Å². The molecule has 0 saturated carbocycles. The van der Waals surface area contributed by atoms with Gasteiger partial charge in [0.1, 0.15) is 0 Å². The van der Waals surface area contributed by atoms with Gasteiger partial charge in [-0.05, 0) is 5.92 Å². The highest BCUT2D eigenvalue weighted by Crippen LogP contribution is 2.11. The molecule has 0 spiro atoms. The predicted molar refractivity (Wildman–Crippen MR) is 70.4 cm³/mol. The fourth-order valence-electron chi connectivity index (χ4n) is 2.15. The summed E-state index contributed by atoms with van der Waals surface area (Å²) >= 11 is 0. The summed E-state index contributed by atoms with van der Waals surface area (Å²) in [5.41, 5.74) is 0. The summed E-state index contributed by atoms with van der Waals surface area (Å²) in [6.45, 7) is 11.2. The van der Waals surface area contributed by atoms with Crippen LogP contribution in [0.1, 0.15) is 20.3 Å². The molecule has 0 bridgehead atoms. The van der Waals surface area contributed by atoms with Gasteiger partial charge in [0.05, 0.1) is 19.8 Å². The monoisotopic (exact) mass is 244 g/mol. The van der Waals surface area contributed by atoms with Crippen LogP contribution >= 0.6 is 0 Å². The Labute approximate surface area is 106 Å². The van der Waals surface area contributed by atoms with Crippen molar-refractivity contribution in [2.75, 3.05) is 53.1 Å². The van der Waals surface area contributed by atoms with E-state index in [0.29, 0.717) is 19.3 Å². The van der Waals surface area contributed by atoms with Crippen molar-refractivity contribution in [3.8, 4) is 0 Å². The average Bonchev–Trinajstić information content (AvgIpc) is 2.38. The number of nitrogens with zero attached hydrogens (tertiary/aromatic N) is 1. The van der Waals surface area contributed by atoms with Crippen LogP contribution in [0.3, 0.4) is 0 Å². The van der Waals surface area contributed by atoms with Gasteiger partial charge in [0.25, 0.3) is 0 Å². The summed E-state index contributed by atoms with van der Waals surface area (Å²) in [7, 11) is 1.70. The molecule has 0 aromatic carbocycles. The zero-order chi connectivity index (χ0) is 12.5. The molecule has 1 heterocycles. The van der Waals surface area contributed by atoms with Crippen LogP contribution in [0.25, 0.3) is 0 Å². The largest absolute Gasteiger partial charge is 0.382 e. The van der Waals surface area contributed by atoms with Crippen LogP contribution in [0.2, 0.25) is 0 Å². The van der Waals surface area contributed by atoms with Gasteiger partial charge in [-0.2, -0.15) is 0 Å². The number of hydrogen-bond donors (Lipinski definition) is 1. The molecule has 0 amide bonds. The van der Waals surface area contributed by atoms with Crippen LogP contribution in [0.5, 0.6) is 0 Å². The molecule has 1 rings (SSSR count). The summed E-state index contributed by atoms with van der Waals surface area (Å²) in [6, 6.07) is 0.646. The molecule has 0 aromatic rings. The van der Waals surface area contributed by atoms with Gasteiger partial charge in [-0.15, -0.1) is 0 Å². The van der Waals surface area contributed by atoms with E-state index in [4.69, 9.17) is 9.47 Å². The highest BCUT2D eigenvalue weighted by Gasteiger charge is 2.22. The number of ether oxygens (including phenoxy) is 2. The number of nitrogens with one attached hydrogen (secondary N) is 1. The second-order valence-corrected chi connectivity index (χ2v) is 4.85.